The summed E-state index contributed by atoms with van der Waals surface area (Å²) in [6.07, 6.45) is 2.49. The molecule has 0 aromatic heterocycles. The highest BCUT2D eigenvalue weighted by Gasteiger charge is 2.19. The molecule has 4 heteroatoms. The van der Waals surface area contributed by atoms with Crippen LogP contribution in [0.25, 0.3) is 0 Å². The van der Waals surface area contributed by atoms with Crippen LogP contribution >= 0.6 is 0 Å². The third-order valence-corrected chi connectivity index (χ3v) is 3.39. The molecular formula is C13H19FN2O. The van der Waals surface area contributed by atoms with Crippen LogP contribution in [0.3, 0.4) is 0 Å². The third kappa shape index (κ3) is 3.17. The molecule has 1 aromatic rings. The van der Waals surface area contributed by atoms with Gasteiger partial charge in [0, 0.05) is 19.1 Å². The van der Waals surface area contributed by atoms with Gasteiger partial charge in [0.05, 0.1) is 0 Å². The number of halogens is 1. The second-order valence-electron chi connectivity index (χ2n) is 4.69. The minimum absolute atomic E-state index is 0.288. The summed E-state index contributed by atoms with van der Waals surface area (Å²) in [5, 5.41) is 12.4. The Kier molecular flexibility index (Phi) is 3.97. The second-order valence-corrected chi connectivity index (χ2v) is 4.69. The molecule has 1 aliphatic heterocycles. The molecule has 94 valence electrons. The molecule has 1 unspecified atom stereocenters. The molecule has 3 nitrogen and oxygen atoms in total. The van der Waals surface area contributed by atoms with E-state index in [4.69, 9.17) is 5.11 Å². The van der Waals surface area contributed by atoms with Crippen molar-refractivity contribution in [2.75, 3.05) is 20.1 Å². The number of aromatic hydroxyl groups is 1. The fourth-order valence-corrected chi connectivity index (χ4v) is 2.28. The number of nitrogens with one attached hydrogen (secondary N) is 1. The first-order chi connectivity index (χ1) is 8.16. The standard InChI is InChI=1S/C13H19FN2O/c1-16-6-2-3-11(16)9-15-8-10-4-5-13(17)12(14)7-10/h4-5,7,11,15,17H,2-3,6,8-9H2,1H3. The van der Waals surface area contributed by atoms with Crippen LogP contribution in [0.2, 0.25) is 0 Å². The molecule has 17 heavy (non-hydrogen) atoms. The molecule has 1 fully saturated rings. The Morgan fingerprint density at radius 2 is 2.35 bits per heavy atom. The van der Waals surface area contributed by atoms with E-state index in [1.54, 1.807) is 6.07 Å². The minimum atomic E-state index is -0.553. The Balaban J connectivity index is 1.79. The average Bonchev–Trinajstić information content (AvgIpc) is 2.70. The van der Waals surface area contributed by atoms with Crippen molar-refractivity contribution < 1.29 is 9.50 Å². The topological polar surface area (TPSA) is 35.5 Å². The Morgan fingerprint density at radius 3 is 3.00 bits per heavy atom. The van der Waals surface area contributed by atoms with Crippen LogP contribution in [0.1, 0.15) is 18.4 Å². The van der Waals surface area contributed by atoms with Crippen molar-refractivity contribution >= 4 is 0 Å². The highest BCUT2D eigenvalue weighted by molar-refractivity contribution is 5.27. The van der Waals surface area contributed by atoms with Gasteiger partial charge in [0.15, 0.2) is 11.6 Å². The SMILES string of the molecule is CN1CCCC1CNCc1ccc(O)c(F)c1. The van der Waals surface area contributed by atoms with E-state index in [0.717, 1.165) is 12.1 Å². The quantitative estimate of drug-likeness (QED) is 0.838. The first-order valence-corrected chi connectivity index (χ1v) is 6.05. The summed E-state index contributed by atoms with van der Waals surface area (Å²) in [7, 11) is 2.14. The van der Waals surface area contributed by atoms with Crippen LogP contribution in [0.5, 0.6) is 5.75 Å². The lowest BCUT2D eigenvalue weighted by Crippen LogP contribution is -2.35. The van der Waals surface area contributed by atoms with E-state index in [1.807, 2.05) is 0 Å². The second kappa shape index (κ2) is 5.47. The number of likely N-dealkylation sites (N-methyl/N-ethyl adjacent to an activating group) is 1. The Morgan fingerprint density at radius 1 is 1.53 bits per heavy atom. The minimum Gasteiger partial charge on any atom is -0.505 e. The van der Waals surface area contributed by atoms with Gasteiger partial charge in [-0.1, -0.05) is 6.07 Å². The molecule has 0 aliphatic carbocycles. The lowest BCUT2D eigenvalue weighted by molar-refractivity contribution is 0.300. The van der Waals surface area contributed by atoms with Gasteiger partial charge >= 0.3 is 0 Å². The maximum absolute atomic E-state index is 13.1. The number of nitrogens with zero attached hydrogens (tertiary/aromatic N) is 1. The van der Waals surface area contributed by atoms with E-state index in [9.17, 15) is 4.39 Å². The van der Waals surface area contributed by atoms with Crippen molar-refractivity contribution in [2.24, 2.45) is 0 Å². The zero-order valence-electron chi connectivity index (χ0n) is 10.1. The van der Waals surface area contributed by atoms with Crippen LogP contribution in [-0.2, 0) is 6.54 Å². The molecular weight excluding hydrogens is 219 g/mol. The van der Waals surface area contributed by atoms with E-state index in [1.165, 1.54) is 31.5 Å². The van der Waals surface area contributed by atoms with Crippen molar-refractivity contribution in [2.45, 2.75) is 25.4 Å². The van der Waals surface area contributed by atoms with E-state index >= 15 is 0 Å². The molecule has 0 saturated carbocycles. The summed E-state index contributed by atoms with van der Waals surface area (Å²) in [6.45, 7) is 2.74. The number of phenols is 1. The van der Waals surface area contributed by atoms with Crippen LogP contribution in [-0.4, -0.2) is 36.2 Å². The maximum Gasteiger partial charge on any atom is 0.165 e. The summed E-state index contributed by atoms with van der Waals surface area (Å²) in [6, 6.07) is 5.11. The van der Waals surface area contributed by atoms with Gasteiger partial charge in [-0.05, 0) is 44.1 Å². The molecule has 0 bridgehead atoms. The predicted molar refractivity (Wildman–Crippen MR) is 65.4 cm³/mol. The molecule has 0 amide bonds. The van der Waals surface area contributed by atoms with Crippen molar-refractivity contribution in [3.05, 3.63) is 29.6 Å². The number of benzene rings is 1. The van der Waals surface area contributed by atoms with E-state index in [-0.39, 0.29) is 5.75 Å². The first kappa shape index (κ1) is 12.3. The van der Waals surface area contributed by atoms with E-state index < -0.39 is 5.82 Å². The van der Waals surface area contributed by atoms with Gasteiger partial charge in [-0.3, -0.25) is 0 Å². The van der Waals surface area contributed by atoms with Crippen molar-refractivity contribution in [1.82, 2.24) is 10.2 Å². The third-order valence-electron chi connectivity index (χ3n) is 3.39. The monoisotopic (exact) mass is 238 g/mol. The Hall–Kier alpha value is -1.13. The fourth-order valence-electron chi connectivity index (χ4n) is 2.28. The van der Waals surface area contributed by atoms with Crippen LogP contribution in [0, 0.1) is 5.82 Å². The van der Waals surface area contributed by atoms with Crippen molar-refractivity contribution in [3.63, 3.8) is 0 Å². The zero-order valence-corrected chi connectivity index (χ0v) is 10.1. The van der Waals surface area contributed by atoms with Gasteiger partial charge in [0.25, 0.3) is 0 Å². The smallest absolute Gasteiger partial charge is 0.165 e. The molecule has 1 aromatic carbocycles. The summed E-state index contributed by atoms with van der Waals surface area (Å²) in [5.74, 6) is -0.841. The maximum atomic E-state index is 13.1. The lowest BCUT2D eigenvalue weighted by Gasteiger charge is -2.19. The number of rotatable bonds is 4. The van der Waals surface area contributed by atoms with Crippen molar-refractivity contribution in [1.29, 1.82) is 0 Å². The number of hydrogen-bond acceptors (Lipinski definition) is 3. The van der Waals surface area contributed by atoms with Gasteiger partial charge in [-0.15, -0.1) is 0 Å². The Bertz CT molecular complexity index is 384. The van der Waals surface area contributed by atoms with Crippen LogP contribution in [0.4, 0.5) is 4.39 Å². The molecule has 1 heterocycles. The summed E-state index contributed by atoms with van der Waals surface area (Å²) >= 11 is 0. The predicted octanol–water partition coefficient (Wildman–Crippen LogP) is 1.72. The van der Waals surface area contributed by atoms with Gasteiger partial charge in [0.2, 0.25) is 0 Å². The molecule has 1 saturated heterocycles. The average molecular weight is 238 g/mol. The van der Waals surface area contributed by atoms with Gasteiger partial charge in [-0.25, -0.2) is 4.39 Å². The molecule has 2 rings (SSSR count). The lowest BCUT2D eigenvalue weighted by atomic mass is 10.2. The number of likely N-dealkylation sites (tertiary alicyclic amines) is 1. The molecule has 1 aliphatic rings. The number of hydrogen-bond donors (Lipinski definition) is 2. The normalized spacial score (nSPS) is 20.9. The van der Waals surface area contributed by atoms with E-state index in [0.29, 0.717) is 12.6 Å². The fraction of sp³-hybridized carbons (Fsp3) is 0.538. The Labute approximate surface area is 101 Å². The van der Waals surface area contributed by atoms with Crippen molar-refractivity contribution in [3.8, 4) is 5.75 Å². The number of phenolic OH excluding ortho intramolecular Hbond substituents is 1. The summed E-state index contributed by atoms with van der Waals surface area (Å²) in [4.78, 5) is 2.35. The zero-order chi connectivity index (χ0) is 12.3. The highest BCUT2D eigenvalue weighted by Crippen LogP contribution is 2.16. The first-order valence-electron chi connectivity index (χ1n) is 6.05. The highest BCUT2D eigenvalue weighted by atomic mass is 19.1. The van der Waals surface area contributed by atoms with Gasteiger partial charge in [-0.2, -0.15) is 0 Å². The molecule has 0 spiro atoms. The summed E-state index contributed by atoms with van der Waals surface area (Å²) in [5.41, 5.74) is 0.862. The van der Waals surface area contributed by atoms with E-state index in [2.05, 4.69) is 17.3 Å². The largest absolute Gasteiger partial charge is 0.505 e. The van der Waals surface area contributed by atoms with Crippen LogP contribution < -0.4 is 5.32 Å². The van der Waals surface area contributed by atoms with Gasteiger partial charge in [0.1, 0.15) is 0 Å². The van der Waals surface area contributed by atoms with Crippen LogP contribution in [0.15, 0.2) is 18.2 Å². The molecule has 0 radical (unpaired) electrons. The summed E-state index contributed by atoms with van der Waals surface area (Å²) < 4.78 is 13.1. The molecule has 2 N–H and O–H groups in total. The van der Waals surface area contributed by atoms with Gasteiger partial charge < -0.3 is 15.3 Å². The molecule has 1 atom stereocenters.